The number of epoxide rings is 1. The number of aliphatic hydroxyl groups excluding tert-OH is 2. The number of ketones is 1. The zero-order valence-corrected chi connectivity index (χ0v) is 21.6. The van der Waals surface area contributed by atoms with Crippen molar-refractivity contribution >= 4 is 17.7 Å². The molecule has 0 amide bonds. The molecule has 206 valence electrons. The minimum absolute atomic E-state index is 0.0256. The predicted octanol–water partition coefficient (Wildman–Crippen LogP) is 1.92. The molecule has 0 aliphatic carbocycles. The summed E-state index contributed by atoms with van der Waals surface area (Å²) in [5.41, 5.74) is -1.20. The van der Waals surface area contributed by atoms with Crippen LogP contribution in [-0.2, 0) is 28.6 Å². The number of carboxylic acid groups (broad SMARTS) is 1. The van der Waals surface area contributed by atoms with Crippen molar-refractivity contribution in [3.63, 3.8) is 0 Å². The van der Waals surface area contributed by atoms with Crippen LogP contribution in [0.2, 0.25) is 0 Å². The van der Waals surface area contributed by atoms with Crippen LogP contribution in [0, 0.1) is 5.92 Å². The number of hydrogen-bond donors (Lipinski definition) is 4. The van der Waals surface area contributed by atoms with Crippen molar-refractivity contribution in [2.24, 2.45) is 5.92 Å². The van der Waals surface area contributed by atoms with Gasteiger partial charge in [0.25, 0.3) is 0 Å². The van der Waals surface area contributed by atoms with E-state index in [-0.39, 0.29) is 50.6 Å². The van der Waals surface area contributed by atoms with E-state index in [9.17, 15) is 29.7 Å². The molecule has 0 unspecified atom stereocenters. The molecule has 0 aromatic heterocycles. The van der Waals surface area contributed by atoms with Crippen molar-refractivity contribution in [1.29, 1.82) is 0 Å². The van der Waals surface area contributed by atoms with E-state index in [1.165, 1.54) is 6.08 Å². The molecule has 4 N–H and O–H groups in total. The summed E-state index contributed by atoms with van der Waals surface area (Å²) in [6.07, 6.45) is 2.89. The Bertz CT molecular complexity index is 779. The van der Waals surface area contributed by atoms with Crippen molar-refractivity contribution < 1.29 is 49.0 Å². The highest BCUT2D eigenvalue weighted by Crippen LogP contribution is 2.39. The highest BCUT2D eigenvalue weighted by atomic mass is 16.6. The molecule has 2 aliphatic rings. The van der Waals surface area contributed by atoms with Gasteiger partial charge in [0.05, 0.1) is 31.5 Å². The monoisotopic (exact) mass is 514 g/mol. The topological polar surface area (TPSA) is 163 Å². The molecule has 0 radical (unpaired) electrons. The van der Waals surface area contributed by atoms with Gasteiger partial charge in [-0.25, -0.2) is 4.79 Å². The first-order chi connectivity index (χ1) is 16.9. The fourth-order valence-corrected chi connectivity index (χ4v) is 4.44. The molecule has 2 fully saturated rings. The minimum Gasteiger partial charge on any atom is -0.481 e. The third-order valence-electron chi connectivity index (χ3n) is 6.99. The molecular weight excluding hydrogens is 472 g/mol. The Morgan fingerprint density at radius 1 is 1.17 bits per heavy atom. The molecule has 0 aromatic rings. The summed E-state index contributed by atoms with van der Waals surface area (Å²) in [6.45, 7) is 5.20. The van der Waals surface area contributed by atoms with E-state index in [1.54, 1.807) is 13.8 Å². The zero-order valence-electron chi connectivity index (χ0n) is 21.6. The highest BCUT2D eigenvalue weighted by Gasteiger charge is 2.55. The van der Waals surface area contributed by atoms with Gasteiger partial charge in [0, 0.05) is 31.3 Å². The van der Waals surface area contributed by atoms with E-state index < -0.39 is 41.6 Å². The number of ether oxygens (including phenoxy) is 3. The second kappa shape index (κ2) is 14.2. The van der Waals surface area contributed by atoms with Gasteiger partial charge >= 0.3 is 11.9 Å². The fraction of sp³-hybridized carbons (Fsp3) is 0.808. The third-order valence-corrected chi connectivity index (χ3v) is 6.99. The Morgan fingerprint density at radius 3 is 2.44 bits per heavy atom. The number of hydrogen-bond acceptors (Lipinski definition) is 9. The number of aliphatic carboxylic acids is 1. The lowest BCUT2D eigenvalue weighted by atomic mass is 9.82. The average molecular weight is 515 g/mol. The summed E-state index contributed by atoms with van der Waals surface area (Å²) in [4.78, 5) is 35.2. The normalized spacial score (nSPS) is 30.1. The van der Waals surface area contributed by atoms with Crippen LogP contribution in [0.5, 0.6) is 0 Å². The molecule has 2 saturated heterocycles. The van der Waals surface area contributed by atoms with E-state index >= 15 is 0 Å². The number of aliphatic hydroxyl groups is 3. The number of esters is 1. The van der Waals surface area contributed by atoms with Crippen LogP contribution in [-0.4, -0.2) is 87.5 Å². The van der Waals surface area contributed by atoms with Crippen LogP contribution in [0.15, 0.2) is 11.6 Å². The first kappa shape index (κ1) is 30.4. The lowest BCUT2D eigenvalue weighted by Crippen LogP contribution is -2.59. The van der Waals surface area contributed by atoms with Gasteiger partial charge < -0.3 is 34.6 Å². The summed E-state index contributed by atoms with van der Waals surface area (Å²) < 4.78 is 16.3. The van der Waals surface area contributed by atoms with E-state index in [1.807, 2.05) is 6.92 Å². The van der Waals surface area contributed by atoms with E-state index in [4.69, 9.17) is 19.3 Å². The van der Waals surface area contributed by atoms with Gasteiger partial charge in [0.15, 0.2) is 5.78 Å². The molecule has 36 heavy (non-hydrogen) atoms. The van der Waals surface area contributed by atoms with Crippen molar-refractivity contribution in [2.75, 3.05) is 13.2 Å². The molecule has 10 heteroatoms. The van der Waals surface area contributed by atoms with Gasteiger partial charge in [-0.05, 0) is 26.7 Å². The number of rotatable bonds is 16. The smallest absolute Gasteiger partial charge is 0.330 e. The standard InChI is InChI=1S/C26H42O10/c1-16(13-22(30)34-11-9-7-5-4-6-8-10-21(28)29)12-19-23(31)25(32)26(33,15-35-19)14-20-24(36-20)17(2)18(3)27/h13,17-20,24-25,27,32-33H,4-12,14-15H2,1-3H3,(H,28,29)/b16-13+/t17-,18-,19-,20-,24-,25-,26+/m0/s1. The van der Waals surface area contributed by atoms with Gasteiger partial charge in [-0.2, -0.15) is 0 Å². The maximum atomic E-state index is 12.7. The molecule has 2 heterocycles. The summed E-state index contributed by atoms with van der Waals surface area (Å²) in [7, 11) is 0. The van der Waals surface area contributed by atoms with Crippen LogP contribution in [0.1, 0.15) is 78.6 Å². The fourth-order valence-electron chi connectivity index (χ4n) is 4.44. The maximum absolute atomic E-state index is 12.7. The molecule has 2 rings (SSSR count). The molecule has 10 nitrogen and oxygen atoms in total. The van der Waals surface area contributed by atoms with Crippen molar-refractivity contribution in [3.8, 4) is 0 Å². The number of unbranched alkanes of at least 4 members (excludes halogenated alkanes) is 5. The van der Waals surface area contributed by atoms with Gasteiger partial charge in [-0.15, -0.1) is 0 Å². The van der Waals surface area contributed by atoms with Crippen molar-refractivity contribution in [2.45, 2.75) is 115 Å². The molecule has 0 spiro atoms. The van der Waals surface area contributed by atoms with E-state index in [2.05, 4.69) is 0 Å². The lowest BCUT2D eigenvalue weighted by Gasteiger charge is -2.39. The van der Waals surface area contributed by atoms with E-state index in [0.29, 0.717) is 18.4 Å². The van der Waals surface area contributed by atoms with E-state index in [0.717, 1.165) is 25.7 Å². The maximum Gasteiger partial charge on any atom is 0.330 e. The largest absolute Gasteiger partial charge is 0.481 e. The Morgan fingerprint density at radius 2 is 1.81 bits per heavy atom. The minimum atomic E-state index is -1.77. The number of carboxylic acids is 1. The molecule has 0 saturated carbocycles. The lowest BCUT2D eigenvalue weighted by molar-refractivity contribution is -0.192. The average Bonchev–Trinajstić information content (AvgIpc) is 3.56. The zero-order chi connectivity index (χ0) is 26.9. The molecular formula is C26H42O10. The van der Waals surface area contributed by atoms with Gasteiger partial charge in [0.2, 0.25) is 0 Å². The molecule has 7 atom stereocenters. The highest BCUT2D eigenvalue weighted by molar-refractivity contribution is 5.89. The number of Topliss-reactive ketones (excluding diaryl/α,β-unsaturated/α-hetero) is 1. The van der Waals surface area contributed by atoms with Crippen molar-refractivity contribution in [3.05, 3.63) is 11.6 Å². The Hall–Kier alpha value is -1.85. The van der Waals surface area contributed by atoms with Gasteiger partial charge in [-0.3, -0.25) is 9.59 Å². The number of carbonyl (C=O) groups excluding carboxylic acids is 2. The Labute approximate surface area is 212 Å². The SMILES string of the molecule is C/C(=C\C(=O)OCCCCCCCCC(=O)O)C[C@@H]1OC[C@](O)(C[C@@H]2O[C@H]2[C@@H](C)[C@H](C)O)[C@@H](O)C1=O. The van der Waals surface area contributed by atoms with Crippen LogP contribution in [0.4, 0.5) is 0 Å². The first-order valence-corrected chi connectivity index (χ1v) is 12.9. The van der Waals surface area contributed by atoms with Crippen LogP contribution >= 0.6 is 0 Å². The predicted molar refractivity (Wildman–Crippen MR) is 129 cm³/mol. The van der Waals surface area contributed by atoms with Crippen LogP contribution < -0.4 is 0 Å². The molecule has 0 bridgehead atoms. The van der Waals surface area contributed by atoms with Crippen LogP contribution in [0.3, 0.4) is 0 Å². The van der Waals surface area contributed by atoms with Gasteiger partial charge in [-0.1, -0.05) is 38.2 Å². The number of carbonyl (C=O) groups is 3. The Balaban J connectivity index is 1.67. The summed E-state index contributed by atoms with van der Waals surface area (Å²) in [6, 6.07) is 0. The third kappa shape index (κ3) is 9.55. The summed E-state index contributed by atoms with van der Waals surface area (Å²) in [5.74, 6) is -2.07. The summed E-state index contributed by atoms with van der Waals surface area (Å²) in [5, 5.41) is 39.6. The second-order valence-corrected chi connectivity index (χ2v) is 10.3. The second-order valence-electron chi connectivity index (χ2n) is 10.3. The Kier molecular flexibility index (Phi) is 12.0. The van der Waals surface area contributed by atoms with Gasteiger partial charge in [0.1, 0.15) is 17.8 Å². The van der Waals surface area contributed by atoms with Crippen molar-refractivity contribution in [1.82, 2.24) is 0 Å². The van der Waals surface area contributed by atoms with Crippen LogP contribution in [0.25, 0.3) is 0 Å². The first-order valence-electron chi connectivity index (χ1n) is 12.9. The molecule has 0 aromatic carbocycles. The summed E-state index contributed by atoms with van der Waals surface area (Å²) >= 11 is 0. The quantitative estimate of drug-likeness (QED) is 0.104. The molecule has 2 aliphatic heterocycles.